The summed E-state index contributed by atoms with van der Waals surface area (Å²) in [5, 5.41) is 9.90. The Hall–Kier alpha value is -3.38. The summed E-state index contributed by atoms with van der Waals surface area (Å²) in [7, 11) is 1.69. The number of methoxy groups -OCH3 is 1. The largest absolute Gasteiger partial charge is 0.497 e. The third-order valence-electron chi connectivity index (χ3n) is 5.92. The fourth-order valence-corrected chi connectivity index (χ4v) is 4.22. The molecule has 1 aliphatic heterocycles. The number of rotatable bonds is 6. The van der Waals surface area contributed by atoms with Crippen molar-refractivity contribution in [1.29, 1.82) is 0 Å². The van der Waals surface area contributed by atoms with E-state index in [0.717, 1.165) is 55.2 Å². The molecule has 158 valence electrons. The lowest BCUT2D eigenvalue weighted by Gasteiger charge is -2.32. The maximum Gasteiger partial charge on any atom is 0.137 e. The Kier molecular flexibility index (Phi) is 5.54. The zero-order valence-electron chi connectivity index (χ0n) is 17.6. The van der Waals surface area contributed by atoms with Gasteiger partial charge < -0.3 is 9.47 Å². The predicted molar refractivity (Wildman–Crippen MR) is 121 cm³/mol. The molecule has 6 heteroatoms. The maximum absolute atomic E-state index is 6.07. The number of hydrogen-bond donors (Lipinski definition) is 1. The number of ether oxygens (including phenoxy) is 2. The number of hydrogen-bond acceptors (Lipinski definition) is 5. The first-order chi connectivity index (χ1) is 15.3. The van der Waals surface area contributed by atoms with Crippen molar-refractivity contribution >= 4 is 10.8 Å². The van der Waals surface area contributed by atoms with Crippen molar-refractivity contribution in [3.05, 3.63) is 72.7 Å². The molecular weight excluding hydrogens is 388 g/mol. The van der Waals surface area contributed by atoms with Gasteiger partial charge in [-0.05, 0) is 53.9 Å². The van der Waals surface area contributed by atoms with E-state index in [-0.39, 0.29) is 6.10 Å². The summed E-state index contributed by atoms with van der Waals surface area (Å²) in [4.78, 5) is 6.60. The van der Waals surface area contributed by atoms with E-state index in [9.17, 15) is 0 Å². The molecule has 0 unspecified atom stereocenters. The number of nitrogens with one attached hydrogen (secondary N) is 1. The molecule has 0 saturated carbocycles. The monoisotopic (exact) mass is 414 g/mol. The Bertz CT molecular complexity index is 1150. The number of pyridine rings is 1. The molecule has 0 radical (unpaired) electrons. The first-order valence-electron chi connectivity index (χ1n) is 10.7. The van der Waals surface area contributed by atoms with Gasteiger partial charge in [-0.3, -0.25) is 15.0 Å². The zero-order valence-corrected chi connectivity index (χ0v) is 17.6. The van der Waals surface area contributed by atoms with Crippen LogP contribution in [0, 0.1) is 0 Å². The number of nitrogens with zero attached hydrogens (tertiary/aromatic N) is 3. The van der Waals surface area contributed by atoms with E-state index in [0.29, 0.717) is 0 Å². The Balaban J connectivity index is 1.25. The van der Waals surface area contributed by atoms with Gasteiger partial charge in [0, 0.05) is 37.0 Å². The summed E-state index contributed by atoms with van der Waals surface area (Å²) >= 11 is 0. The van der Waals surface area contributed by atoms with Crippen LogP contribution in [0.15, 0.2) is 67.1 Å². The van der Waals surface area contributed by atoms with Crippen molar-refractivity contribution in [2.45, 2.75) is 25.5 Å². The summed E-state index contributed by atoms with van der Waals surface area (Å²) in [6.07, 6.45) is 7.78. The van der Waals surface area contributed by atoms with Gasteiger partial charge >= 0.3 is 0 Å². The molecule has 3 heterocycles. The van der Waals surface area contributed by atoms with E-state index in [2.05, 4.69) is 50.4 Å². The lowest BCUT2D eigenvalue weighted by Crippen LogP contribution is -2.37. The Labute approximate surface area is 181 Å². The summed E-state index contributed by atoms with van der Waals surface area (Å²) in [6.45, 7) is 2.90. The van der Waals surface area contributed by atoms with Crippen molar-refractivity contribution in [2.24, 2.45) is 0 Å². The number of benzene rings is 2. The molecule has 0 aliphatic carbocycles. The van der Waals surface area contributed by atoms with Crippen LogP contribution in [0.5, 0.6) is 11.5 Å². The quantitative estimate of drug-likeness (QED) is 0.496. The molecule has 1 saturated heterocycles. The van der Waals surface area contributed by atoms with Gasteiger partial charge in [0.25, 0.3) is 0 Å². The Morgan fingerprint density at radius 1 is 1.00 bits per heavy atom. The van der Waals surface area contributed by atoms with Crippen LogP contribution in [0.2, 0.25) is 0 Å². The number of likely N-dealkylation sites (tertiary alicyclic amines) is 1. The molecule has 5 rings (SSSR count). The lowest BCUT2D eigenvalue weighted by molar-refractivity contribution is 0.0966. The number of piperidine rings is 1. The molecule has 1 N–H and O–H groups in total. The molecular formula is C25H26N4O2. The van der Waals surface area contributed by atoms with Crippen LogP contribution in [0.3, 0.4) is 0 Å². The highest BCUT2D eigenvalue weighted by molar-refractivity contribution is 5.88. The van der Waals surface area contributed by atoms with Gasteiger partial charge in [-0.1, -0.05) is 18.2 Å². The van der Waals surface area contributed by atoms with E-state index >= 15 is 0 Å². The van der Waals surface area contributed by atoms with Gasteiger partial charge in [-0.2, -0.15) is 5.10 Å². The molecule has 6 nitrogen and oxygen atoms in total. The second-order valence-corrected chi connectivity index (χ2v) is 7.98. The minimum atomic E-state index is 0.252. The predicted octanol–water partition coefficient (Wildman–Crippen LogP) is 4.68. The summed E-state index contributed by atoms with van der Waals surface area (Å²) < 4.78 is 11.4. The first kappa shape index (κ1) is 19.6. The van der Waals surface area contributed by atoms with E-state index in [1.54, 1.807) is 19.5 Å². The highest BCUT2D eigenvalue weighted by atomic mass is 16.5. The van der Waals surface area contributed by atoms with E-state index < -0.39 is 0 Å². The number of aromatic nitrogens is 3. The summed E-state index contributed by atoms with van der Waals surface area (Å²) in [5.74, 6) is 1.73. The smallest absolute Gasteiger partial charge is 0.137 e. The van der Waals surface area contributed by atoms with Crippen molar-refractivity contribution in [3.63, 3.8) is 0 Å². The van der Waals surface area contributed by atoms with Crippen LogP contribution in [0.4, 0.5) is 0 Å². The normalized spacial score (nSPS) is 15.3. The highest BCUT2D eigenvalue weighted by Gasteiger charge is 2.22. The average Bonchev–Trinajstić information content (AvgIpc) is 3.28. The van der Waals surface area contributed by atoms with Crippen LogP contribution >= 0.6 is 0 Å². The number of aromatic amines is 1. The van der Waals surface area contributed by atoms with Crippen molar-refractivity contribution < 1.29 is 9.47 Å². The molecule has 0 spiro atoms. The first-order valence-corrected chi connectivity index (χ1v) is 10.7. The lowest BCUT2D eigenvalue weighted by atomic mass is 10.0. The second kappa shape index (κ2) is 8.78. The molecule has 0 atom stereocenters. The molecule has 2 aromatic carbocycles. The van der Waals surface area contributed by atoms with Crippen molar-refractivity contribution in [3.8, 4) is 22.8 Å². The molecule has 2 aromatic heterocycles. The number of H-pyrrole nitrogens is 1. The average molecular weight is 415 g/mol. The van der Waals surface area contributed by atoms with Gasteiger partial charge in [0.15, 0.2) is 0 Å². The number of fused-ring (bicyclic) bond motifs is 1. The van der Waals surface area contributed by atoms with E-state index in [1.807, 2.05) is 24.4 Å². The van der Waals surface area contributed by atoms with Crippen LogP contribution in [0.25, 0.3) is 22.0 Å². The van der Waals surface area contributed by atoms with Gasteiger partial charge in [-0.25, -0.2) is 0 Å². The maximum atomic E-state index is 6.07. The third kappa shape index (κ3) is 4.39. The second-order valence-electron chi connectivity index (χ2n) is 7.98. The van der Waals surface area contributed by atoms with Gasteiger partial charge in [-0.15, -0.1) is 0 Å². The SMILES string of the molecule is COc1ccc2cc(-c3[nH]ncc3CN3CCC(Oc4cccnc4)CC3)ccc2c1. The van der Waals surface area contributed by atoms with Gasteiger partial charge in [0.1, 0.15) is 17.6 Å². The summed E-state index contributed by atoms with van der Waals surface area (Å²) in [5.41, 5.74) is 3.46. The van der Waals surface area contributed by atoms with Crippen LogP contribution in [-0.2, 0) is 6.54 Å². The fourth-order valence-electron chi connectivity index (χ4n) is 4.22. The zero-order chi connectivity index (χ0) is 21.0. The van der Waals surface area contributed by atoms with Crippen LogP contribution in [0.1, 0.15) is 18.4 Å². The van der Waals surface area contributed by atoms with Crippen LogP contribution < -0.4 is 9.47 Å². The topological polar surface area (TPSA) is 63.3 Å². The highest BCUT2D eigenvalue weighted by Crippen LogP contribution is 2.29. The van der Waals surface area contributed by atoms with E-state index in [1.165, 1.54) is 16.3 Å². The van der Waals surface area contributed by atoms with Gasteiger partial charge in [0.05, 0.1) is 25.2 Å². The fraction of sp³-hybridized carbons (Fsp3) is 0.280. The molecule has 31 heavy (non-hydrogen) atoms. The molecule has 1 fully saturated rings. The molecule has 0 amide bonds. The standard InChI is InChI=1S/C25H26N4O2/c1-30-23-7-6-18-13-20(5-4-19(18)14-23)25-21(15-27-28-25)17-29-11-8-22(9-12-29)31-24-3-2-10-26-16-24/h2-7,10,13-16,22H,8-9,11-12,17H2,1H3,(H,27,28). The molecule has 4 aromatic rings. The van der Waals surface area contributed by atoms with Crippen molar-refractivity contribution in [1.82, 2.24) is 20.1 Å². The molecule has 0 bridgehead atoms. The minimum absolute atomic E-state index is 0.252. The minimum Gasteiger partial charge on any atom is -0.497 e. The van der Waals surface area contributed by atoms with Gasteiger partial charge in [0.2, 0.25) is 0 Å². The van der Waals surface area contributed by atoms with E-state index in [4.69, 9.17) is 9.47 Å². The third-order valence-corrected chi connectivity index (χ3v) is 5.92. The van der Waals surface area contributed by atoms with Crippen LogP contribution in [-0.4, -0.2) is 46.4 Å². The molecule has 1 aliphatic rings. The summed E-state index contributed by atoms with van der Waals surface area (Å²) in [6, 6.07) is 16.5. The Morgan fingerprint density at radius 2 is 1.84 bits per heavy atom. The van der Waals surface area contributed by atoms with Crippen molar-refractivity contribution in [2.75, 3.05) is 20.2 Å². The Morgan fingerprint density at radius 3 is 2.65 bits per heavy atom.